The second-order valence-corrected chi connectivity index (χ2v) is 6.86. The van der Waals surface area contributed by atoms with Crippen LogP contribution >= 0.6 is 0 Å². The molecule has 1 saturated carbocycles. The summed E-state index contributed by atoms with van der Waals surface area (Å²) >= 11 is 0. The third-order valence-corrected chi connectivity index (χ3v) is 5.05. The molecule has 0 spiro atoms. The van der Waals surface area contributed by atoms with Crippen LogP contribution in [0, 0.1) is 0 Å². The smallest absolute Gasteiger partial charge is 0.0955 e. The van der Waals surface area contributed by atoms with E-state index in [0.29, 0.717) is 0 Å². The number of imidazole rings is 1. The van der Waals surface area contributed by atoms with Crippen LogP contribution in [0.25, 0.3) is 33.4 Å². The lowest BCUT2D eigenvalue weighted by Crippen LogP contribution is -1.91. The summed E-state index contributed by atoms with van der Waals surface area (Å²) in [4.78, 5) is 9.13. The number of aromatic nitrogens is 3. The average Bonchev–Trinajstić information content (AvgIpc) is 3.46. The first kappa shape index (κ1) is 14.4. The molecule has 0 aliphatic heterocycles. The fourth-order valence-corrected chi connectivity index (χ4v) is 3.52. The van der Waals surface area contributed by atoms with Crippen LogP contribution in [-0.4, -0.2) is 14.5 Å². The summed E-state index contributed by atoms with van der Waals surface area (Å²) in [6, 6.07) is 19.5. The van der Waals surface area contributed by atoms with Gasteiger partial charge in [0.1, 0.15) is 0 Å². The van der Waals surface area contributed by atoms with E-state index in [1.54, 1.807) is 0 Å². The van der Waals surface area contributed by atoms with Crippen molar-refractivity contribution in [2.45, 2.75) is 18.8 Å². The Kier molecular flexibility index (Phi) is 3.20. The van der Waals surface area contributed by atoms with E-state index in [4.69, 9.17) is 4.98 Å². The predicted octanol–water partition coefficient (Wildman–Crippen LogP) is 5.18. The zero-order valence-electron chi connectivity index (χ0n) is 14.2. The number of benzene rings is 2. The van der Waals surface area contributed by atoms with Crippen molar-refractivity contribution in [2.24, 2.45) is 7.05 Å². The van der Waals surface area contributed by atoms with Crippen molar-refractivity contribution >= 4 is 11.0 Å². The summed E-state index contributed by atoms with van der Waals surface area (Å²) in [6.45, 7) is 0. The molecule has 0 N–H and O–H groups in total. The van der Waals surface area contributed by atoms with E-state index in [-0.39, 0.29) is 0 Å². The molecule has 2 aromatic carbocycles. The van der Waals surface area contributed by atoms with Gasteiger partial charge in [0.2, 0.25) is 0 Å². The minimum Gasteiger partial charge on any atom is -0.334 e. The molecule has 1 aliphatic rings. The second-order valence-electron chi connectivity index (χ2n) is 6.86. The highest BCUT2D eigenvalue weighted by Gasteiger charge is 2.23. The first-order valence-corrected chi connectivity index (χ1v) is 8.76. The van der Waals surface area contributed by atoms with Gasteiger partial charge >= 0.3 is 0 Å². The van der Waals surface area contributed by atoms with Gasteiger partial charge in [0.15, 0.2) is 0 Å². The fourth-order valence-electron chi connectivity index (χ4n) is 3.52. The zero-order chi connectivity index (χ0) is 16.8. The molecule has 2 aromatic heterocycles. The van der Waals surface area contributed by atoms with Gasteiger partial charge in [-0.2, -0.15) is 0 Å². The topological polar surface area (TPSA) is 30.7 Å². The molecule has 122 valence electrons. The Hall–Kier alpha value is -2.94. The zero-order valence-corrected chi connectivity index (χ0v) is 14.2. The van der Waals surface area contributed by atoms with Crippen molar-refractivity contribution < 1.29 is 0 Å². The number of hydrogen-bond acceptors (Lipinski definition) is 2. The summed E-state index contributed by atoms with van der Waals surface area (Å²) in [7, 11) is 2.03. The molecular weight excluding hydrogens is 306 g/mol. The summed E-state index contributed by atoms with van der Waals surface area (Å²) in [6.07, 6.45) is 6.37. The van der Waals surface area contributed by atoms with Crippen LogP contribution in [0.4, 0.5) is 0 Å². The van der Waals surface area contributed by atoms with Gasteiger partial charge < -0.3 is 4.57 Å². The minimum absolute atomic E-state index is 0.748. The summed E-state index contributed by atoms with van der Waals surface area (Å²) < 4.78 is 2.06. The second kappa shape index (κ2) is 5.55. The van der Waals surface area contributed by atoms with E-state index >= 15 is 0 Å². The molecule has 4 aromatic rings. The highest BCUT2D eigenvalue weighted by Crippen LogP contribution is 2.41. The van der Waals surface area contributed by atoms with Crippen molar-refractivity contribution in [3.05, 3.63) is 72.7 Å². The monoisotopic (exact) mass is 325 g/mol. The summed E-state index contributed by atoms with van der Waals surface area (Å²) in [5.74, 6) is 0.748. The van der Waals surface area contributed by atoms with Crippen LogP contribution in [0.5, 0.6) is 0 Å². The van der Waals surface area contributed by atoms with Gasteiger partial charge in [-0.1, -0.05) is 30.3 Å². The Morgan fingerprint density at radius 1 is 0.920 bits per heavy atom. The maximum atomic E-state index is 4.71. The molecule has 25 heavy (non-hydrogen) atoms. The third kappa shape index (κ3) is 2.52. The van der Waals surface area contributed by atoms with Crippen LogP contribution in [0.15, 0.2) is 67.1 Å². The molecule has 0 bridgehead atoms. The highest BCUT2D eigenvalue weighted by atomic mass is 15.0. The standard InChI is InChI=1S/C22H19N3/c1-25-14-24-20-10-9-17(13-21(20)25)19-6-3-11-23-22(19)18-5-2-4-16(12-18)15-7-8-15/h2-6,9-15H,7-8H2,1H3. The molecule has 0 radical (unpaired) electrons. The van der Waals surface area contributed by atoms with E-state index in [9.17, 15) is 0 Å². The van der Waals surface area contributed by atoms with E-state index in [2.05, 4.69) is 58.1 Å². The Morgan fingerprint density at radius 2 is 1.84 bits per heavy atom. The Balaban J connectivity index is 1.66. The van der Waals surface area contributed by atoms with Gasteiger partial charge in [0, 0.05) is 24.4 Å². The number of pyridine rings is 1. The van der Waals surface area contributed by atoms with Crippen molar-refractivity contribution in [3.8, 4) is 22.4 Å². The summed E-state index contributed by atoms with van der Waals surface area (Å²) in [5.41, 5.74) is 8.19. The number of nitrogens with zero attached hydrogens (tertiary/aromatic N) is 3. The van der Waals surface area contributed by atoms with E-state index in [0.717, 1.165) is 22.6 Å². The molecule has 0 saturated heterocycles. The highest BCUT2D eigenvalue weighted by molar-refractivity contribution is 5.87. The van der Waals surface area contributed by atoms with Gasteiger partial charge in [0.05, 0.1) is 23.1 Å². The van der Waals surface area contributed by atoms with E-state index in [1.807, 2.05) is 25.6 Å². The SMILES string of the molecule is Cn1cnc2ccc(-c3cccnc3-c3cccc(C4CC4)c3)cc21. The molecule has 2 heterocycles. The van der Waals surface area contributed by atoms with Gasteiger partial charge in [-0.3, -0.25) is 4.98 Å². The first-order valence-electron chi connectivity index (χ1n) is 8.76. The molecule has 5 rings (SSSR count). The van der Waals surface area contributed by atoms with Crippen LogP contribution in [0.2, 0.25) is 0 Å². The largest absolute Gasteiger partial charge is 0.334 e. The average molecular weight is 325 g/mol. The van der Waals surface area contributed by atoms with Gasteiger partial charge in [0.25, 0.3) is 0 Å². The van der Waals surface area contributed by atoms with Crippen molar-refractivity contribution in [2.75, 3.05) is 0 Å². The van der Waals surface area contributed by atoms with Crippen LogP contribution in [0.3, 0.4) is 0 Å². The minimum atomic E-state index is 0.748. The molecule has 3 nitrogen and oxygen atoms in total. The van der Waals surface area contributed by atoms with Gasteiger partial charge in [-0.05, 0) is 54.2 Å². The lowest BCUT2D eigenvalue weighted by atomic mass is 9.97. The predicted molar refractivity (Wildman–Crippen MR) is 101 cm³/mol. The van der Waals surface area contributed by atoms with Crippen LogP contribution in [-0.2, 0) is 7.05 Å². The quantitative estimate of drug-likeness (QED) is 0.519. The summed E-state index contributed by atoms with van der Waals surface area (Å²) in [5, 5.41) is 0. The Morgan fingerprint density at radius 3 is 2.72 bits per heavy atom. The number of aryl methyl sites for hydroxylation is 1. The molecular formula is C22H19N3. The number of rotatable bonds is 3. The van der Waals surface area contributed by atoms with Gasteiger partial charge in [-0.25, -0.2) is 4.98 Å². The molecule has 0 atom stereocenters. The van der Waals surface area contributed by atoms with E-state index in [1.165, 1.54) is 35.1 Å². The molecule has 1 aliphatic carbocycles. The molecule has 0 unspecified atom stereocenters. The normalized spacial score (nSPS) is 14.1. The number of hydrogen-bond donors (Lipinski definition) is 0. The van der Waals surface area contributed by atoms with Crippen molar-refractivity contribution in [1.29, 1.82) is 0 Å². The van der Waals surface area contributed by atoms with E-state index < -0.39 is 0 Å². The Labute approximate surface area is 147 Å². The Bertz CT molecular complexity index is 1070. The molecule has 3 heteroatoms. The van der Waals surface area contributed by atoms with Crippen molar-refractivity contribution in [3.63, 3.8) is 0 Å². The lowest BCUT2D eigenvalue weighted by molar-refractivity contribution is 0.948. The van der Waals surface area contributed by atoms with Gasteiger partial charge in [-0.15, -0.1) is 0 Å². The lowest BCUT2D eigenvalue weighted by Gasteiger charge is -2.11. The first-order chi connectivity index (χ1) is 12.3. The third-order valence-electron chi connectivity index (χ3n) is 5.05. The molecule has 1 fully saturated rings. The molecule has 0 amide bonds. The van der Waals surface area contributed by atoms with Crippen LogP contribution in [0.1, 0.15) is 24.3 Å². The number of fused-ring (bicyclic) bond motifs is 1. The maximum absolute atomic E-state index is 4.71. The maximum Gasteiger partial charge on any atom is 0.0955 e. The van der Waals surface area contributed by atoms with Crippen LogP contribution < -0.4 is 0 Å². The fraction of sp³-hybridized carbons (Fsp3) is 0.182. The van der Waals surface area contributed by atoms with Crippen molar-refractivity contribution in [1.82, 2.24) is 14.5 Å².